The van der Waals surface area contributed by atoms with Gasteiger partial charge in [-0.1, -0.05) is 91.8 Å². The first kappa shape index (κ1) is 23.1. The van der Waals surface area contributed by atoms with Gasteiger partial charge in [0.05, 0.1) is 2.74 Å². The summed E-state index contributed by atoms with van der Waals surface area (Å²) in [5, 5.41) is 0. The second-order valence-corrected chi connectivity index (χ2v) is 15.5. The zero-order valence-corrected chi connectivity index (χ0v) is 25.6. The highest BCUT2D eigenvalue weighted by atomic mass is 16.5. The second-order valence-electron chi connectivity index (χ2n) is 15.5. The van der Waals surface area contributed by atoms with Gasteiger partial charge >= 0.3 is 0 Å². The molecule has 2 aliphatic carbocycles. The van der Waals surface area contributed by atoms with E-state index in [1.807, 2.05) is 12.1 Å². The number of para-hydroxylation sites is 1. The quantitative estimate of drug-likeness (QED) is 0.196. The molecule has 2 nitrogen and oxygen atoms in total. The van der Waals surface area contributed by atoms with Gasteiger partial charge < -0.3 is 9.64 Å². The van der Waals surface area contributed by atoms with Crippen LogP contribution >= 0.6 is 0 Å². The second kappa shape index (κ2) is 7.68. The molecule has 0 radical (unpaired) electrons. The Bertz CT molecular complexity index is 1900. The summed E-state index contributed by atoms with van der Waals surface area (Å²) >= 11 is 0. The van der Waals surface area contributed by atoms with E-state index in [0.717, 1.165) is 46.6 Å². The van der Waals surface area contributed by atoms with E-state index in [0.29, 0.717) is 11.8 Å². The minimum atomic E-state index is -0.106. The summed E-state index contributed by atoms with van der Waals surface area (Å²) < 4.78 is 24.8. The van der Waals surface area contributed by atoms with Crippen LogP contribution in [0.3, 0.4) is 0 Å². The molecule has 0 saturated heterocycles. The number of hydrogen-bond acceptors (Lipinski definition) is 2. The smallest absolute Gasteiger partial charge is 0.256 e. The molecule has 206 valence electrons. The van der Waals surface area contributed by atoms with Crippen LogP contribution in [0.1, 0.15) is 93.2 Å². The maximum atomic E-state index is 9.35. The van der Waals surface area contributed by atoms with Crippen LogP contribution in [0.25, 0.3) is 0 Å². The van der Waals surface area contributed by atoms with Gasteiger partial charge in [0.25, 0.3) is 6.71 Å². The molecule has 0 atom stereocenters. The summed E-state index contributed by atoms with van der Waals surface area (Å²) in [6.07, 6.45) is 2.19. The molecule has 0 aromatic heterocycles. The van der Waals surface area contributed by atoms with Gasteiger partial charge in [-0.25, -0.2) is 0 Å². The Labute approximate surface area is 248 Å². The lowest BCUT2D eigenvalue weighted by Gasteiger charge is -2.41. The van der Waals surface area contributed by atoms with Gasteiger partial charge in [0.1, 0.15) is 11.5 Å². The van der Waals surface area contributed by atoms with Crippen LogP contribution in [0.15, 0.2) is 72.7 Å². The Morgan fingerprint density at radius 2 is 1.27 bits per heavy atom. The first-order valence-electron chi connectivity index (χ1n) is 16.2. The molecule has 0 fully saturated rings. The topological polar surface area (TPSA) is 12.5 Å². The van der Waals surface area contributed by atoms with Gasteiger partial charge in [0.2, 0.25) is 0 Å². The number of ether oxygens (including phenoxy) is 1. The highest BCUT2D eigenvalue weighted by molar-refractivity contribution is 6.99. The fourth-order valence-corrected chi connectivity index (χ4v) is 9.32. The lowest BCUT2D eigenvalue weighted by molar-refractivity contribution is 0.403. The van der Waals surface area contributed by atoms with Gasteiger partial charge in [-0.3, -0.25) is 0 Å². The molecular weight excluding hydrogens is 497 g/mol. The lowest BCUT2D eigenvalue weighted by atomic mass is 9.34. The molecule has 4 aliphatic rings. The highest BCUT2D eigenvalue weighted by Gasteiger charge is 2.48. The highest BCUT2D eigenvalue weighted by Crippen LogP contribution is 2.54. The summed E-state index contributed by atoms with van der Waals surface area (Å²) in [6, 6.07) is 22.4. The molecule has 4 aromatic carbocycles. The van der Waals surface area contributed by atoms with Crippen LogP contribution in [0.5, 0.6) is 11.5 Å². The number of hydrogen-bond donors (Lipinski definition) is 0. The minimum Gasteiger partial charge on any atom is -0.458 e. The zero-order valence-electron chi connectivity index (χ0n) is 27.6. The monoisotopic (exact) mass is 539 g/mol. The molecule has 0 amide bonds. The molecule has 0 N–H and O–H groups in total. The maximum Gasteiger partial charge on any atom is 0.256 e. The van der Waals surface area contributed by atoms with Crippen LogP contribution in [0, 0.1) is 0 Å². The van der Waals surface area contributed by atoms with Gasteiger partial charge in [-0.2, -0.15) is 0 Å². The average molecular weight is 540 g/mol. The Morgan fingerprint density at radius 3 is 2.00 bits per heavy atom. The zero-order chi connectivity index (χ0) is 30.4. The number of fused-ring (bicyclic) bond motifs is 6. The number of anilines is 3. The van der Waals surface area contributed by atoms with E-state index in [-0.39, 0.29) is 34.4 Å². The third-order valence-corrected chi connectivity index (χ3v) is 10.5. The van der Waals surface area contributed by atoms with Gasteiger partial charge in [-0.15, -0.1) is 0 Å². The summed E-state index contributed by atoms with van der Waals surface area (Å²) in [7, 11) is 0. The normalized spacial score (nSPS) is 21.6. The van der Waals surface area contributed by atoms with E-state index < -0.39 is 0 Å². The molecule has 3 heteroatoms. The van der Waals surface area contributed by atoms with Crippen molar-refractivity contribution in [2.24, 2.45) is 0 Å². The molecule has 0 spiro atoms. The standard InChI is InChI=1S/C38H40BNO/c1-35(2)21-36(3,4)25-18-23(16-17-24(25)35)40-30-13-11-15-33-34(30)39(28-12-9-10-14-32(28)41-33)29-19-26-27(20-31(29)40)38(7,8)22-37(26,5)6/h9-20H,21-22H2,1-8H3/i13D,15D. The third kappa shape index (κ3) is 3.32. The van der Waals surface area contributed by atoms with Crippen LogP contribution in [-0.2, 0) is 21.7 Å². The van der Waals surface area contributed by atoms with Crippen molar-refractivity contribution in [1.82, 2.24) is 0 Å². The average Bonchev–Trinajstić information content (AvgIpc) is 3.23. The predicted octanol–water partition coefficient (Wildman–Crippen LogP) is 8.01. The van der Waals surface area contributed by atoms with Crippen molar-refractivity contribution in [1.29, 1.82) is 0 Å². The molecule has 0 bridgehead atoms. The van der Waals surface area contributed by atoms with Crippen LogP contribution in [0.2, 0.25) is 0 Å². The van der Waals surface area contributed by atoms with Gasteiger partial charge in [0, 0.05) is 17.1 Å². The fraction of sp³-hybridized carbons (Fsp3) is 0.368. The van der Waals surface area contributed by atoms with E-state index in [9.17, 15) is 1.37 Å². The Morgan fingerprint density at radius 1 is 0.634 bits per heavy atom. The summed E-state index contributed by atoms with van der Waals surface area (Å²) in [4.78, 5) is 2.33. The van der Waals surface area contributed by atoms with Crippen LogP contribution in [-0.4, -0.2) is 6.71 Å². The summed E-state index contributed by atoms with van der Waals surface area (Å²) in [6.45, 7) is 18.8. The van der Waals surface area contributed by atoms with E-state index in [1.54, 1.807) is 6.07 Å². The molecule has 2 heterocycles. The number of benzene rings is 4. The van der Waals surface area contributed by atoms with E-state index in [2.05, 4.69) is 103 Å². The van der Waals surface area contributed by atoms with Crippen LogP contribution in [0.4, 0.5) is 17.1 Å². The first-order valence-corrected chi connectivity index (χ1v) is 15.2. The Kier molecular flexibility index (Phi) is 4.33. The van der Waals surface area contributed by atoms with Crippen molar-refractivity contribution >= 4 is 40.2 Å². The third-order valence-electron chi connectivity index (χ3n) is 10.5. The lowest BCUT2D eigenvalue weighted by Crippen LogP contribution is -2.59. The Hall–Kier alpha value is -3.46. The summed E-state index contributed by atoms with van der Waals surface area (Å²) in [5.41, 5.74) is 12.2. The number of nitrogens with zero attached hydrogens (tertiary/aromatic N) is 1. The fourth-order valence-electron chi connectivity index (χ4n) is 9.32. The predicted molar refractivity (Wildman–Crippen MR) is 174 cm³/mol. The van der Waals surface area contributed by atoms with Gasteiger partial charge in [0.15, 0.2) is 0 Å². The molecular formula is C38H40BNO. The van der Waals surface area contributed by atoms with Gasteiger partial charge in [-0.05, 0) is 109 Å². The first-order chi connectivity index (χ1) is 20.1. The van der Waals surface area contributed by atoms with Crippen molar-refractivity contribution in [2.75, 3.05) is 4.90 Å². The molecule has 4 aromatic rings. The van der Waals surface area contributed by atoms with E-state index >= 15 is 0 Å². The molecule has 0 saturated carbocycles. The molecule has 8 rings (SSSR count). The van der Waals surface area contributed by atoms with Crippen molar-refractivity contribution in [2.45, 2.75) is 89.9 Å². The SMILES string of the molecule is [2H]c1cc([2H])c2c3c1Oc1ccccc1B3c1cc3c(cc1N2c1ccc2c(c1)C(C)(C)CC2(C)C)C(C)(C)CC3(C)C. The van der Waals surface area contributed by atoms with Crippen molar-refractivity contribution in [3.8, 4) is 11.5 Å². The maximum absolute atomic E-state index is 9.35. The molecule has 2 aliphatic heterocycles. The Balaban J connectivity index is 1.49. The van der Waals surface area contributed by atoms with Crippen molar-refractivity contribution < 1.29 is 7.48 Å². The van der Waals surface area contributed by atoms with E-state index in [4.69, 9.17) is 6.11 Å². The molecule has 41 heavy (non-hydrogen) atoms. The minimum absolute atomic E-state index is 0.0390. The van der Waals surface area contributed by atoms with E-state index in [1.165, 1.54) is 27.7 Å². The number of rotatable bonds is 1. The van der Waals surface area contributed by atoms with Crippen LogP contribution < -0.4 is 26.0 Å². The molecule has 0 unspecified atom stereocenters. The van der Waals surface area contributed by atoms with Crippen molar-refractivity contribution in [3.63, 3.8) is 0 Å². The summed E-state index contributed by atoms with van der Waals surface area (Å²) in [5.74, 6) is 1.38. The van der Waals surface area contributed by atoms with Crippen molar-refractivity contribution in [3.05, 3.63) is 95.0 Å². The largest absolute Gasteiger partial charge is 0.458 e.